The molecule has 0 radical (unpaired) electrons. The average molecular weight is 416 g/mol. The third-order valence-electron chi connectivity index (χ3n) is 3.97. The maximum Gasteiger partial charge on any atom is 0.230 e. The van der Waals surface area contributed by atoms with Gasteiger partial charge < -0.3 is 5.32 Å². The summed E-state index contributed by atoms with van der Waals surface area (Å²) in [5, 5.41) is 7.68. The predicted octanol–water partition coefficient (Wildman–Crippen LogP) is 5.41. The van der Waals surface area contributed by atoms with Crippen molar-refractivity contribution < 1.29 is 4.79 Å². The molecule has 1 amide bonds. The van der Waals surface area contributed by atoms with E-state index >= 15 is 0 Å². The topological polar surface area (TPSA) is 46.9 Å². The third kappa shape index (κ3) is 5.51. The van der Waals surface area contributed by atoms with E-state index in [4.69, 9.17) is 12.2 Å². The van der Waals surface area contributed by atoms with Crippen molar-refractivity contribution in [2.45, 2.75) is 30.1 Å². The van der Waals surface area contributed by atoms with Crippen LogP contribution in [0, 0.1) is 3.95 Å². The number of hydrogen-bond donors (Lipinski definition) is 1. The summed E-state index contributed by atoms with van der Waals surface area (Å²) < 4.78 is 3.22. The second-order valence-corrected chi connectivity index (χ2v) is 8.83. The van der Waals surface area contributed by atoms with Crippen LogP contribution in [0.4, 0.5) is 0 Å². The number of carbonyl (C=O) groups is 1. The Hall–Kier alpha value is -1.96. The van der Waals surface area contributed by atoms with Crippen LogP contribution in [0.1, 0.15) is 31.4 Å². The van der Waals surface area contributed by atoms with Crippen molar-refractivity contribution in [3.8, 4) is 5.69 Å². The monoisotopic (exact) mass is 415 g/mol. The Kier molecular flexibility index (Phi) is 7.20. The molecule has 0 aliphatic carbocycles. The first-order valence-electron chi connectivity index (χ1n) is 8.80. The smallest absolute Gasteiger partial charge is 0.230 e. The van der Waals surface area contributed by atoms with Gasteiger partial charge in [-0.25, -0.2) is 4.68 Å². The van der Waals surface area contributed by atoms with E-state index in [1.807, 2.05) is 48.5 Å². The molecule has 27 heavy (non-hydrogen) atoms. The van der Waals surface area contributed by atoms with Crippen LogP contribution in [0.15, 0.2) is 65.0 Å². The lowest BCUT2D eigenvalue weighted by atomic mass is 10.0. The van der Waals surface area contributed by atoms with E-state index in [-0.39, 0.29) is 11.9 Å². The lowest BCUT2D eigenvalue weighted by molar-refractivity contribution is -0.119. The molecule has 1 aromatic heterocycles. The van der Waals surface area contributed by atoms with Gasteiger partial charge in [0.25, 0.3) is 0 Å². The molecule has 140 valence electrons. The van der Waals surface area contributed by atoms with E-state index in [1.54, 1.807) is 4.68 Å². The summed E-state index contributed by atoms with van der Waals surface area (Å²) in [5.74, 6) is 0.333. The number of nitrogens with one attached hydrogen (secondary N) is 1. The number of thioether (sulfide) groups is 1. The molecule has 0 aliphatic rings. The molecule has 7 heteroatoms. The number of hydrogen-bond acceptors (Lipinski definition) is 5. The van der Waals surface area contributed by atoms with Crippen LogP contribution in [-0.2, 0) is 4.79 Å². The minimum absolute atomic E-state index is 0.00897. The van der Waals surface area contributed by atoms with Gasteiger partial charge in [-0.05, 0) is 36.3 Å². The second-order valence-electron chi connectivity index (χ2n) is 5.99. The average Bonchev–Trinajstić information content (AvgIpc) is 3.08. The molecule has 4 nitrogen and oxygen atoms in total. The van der Waals surface area contributed by atoms with E-state index in [0.29, 0.717) is 9.71 Å². The van der Waals surface area contributed by atoms with Gasteiger partial charge in [-0.15, -0.1) is 5.10 Å². The number of benzene rings is 2. The zero-order valence-electron chi connectivity index (χ0n) is 15.0. The summed E-state index contributed by atoms with van der Waals surface area (Å²) in [6.45, 7) is 2.12. The summed E-state index contributed by atoms with van der Waals surface area (Å²) >= 11 is 8.26. The van der Waals surface area contributed by atoms with Crippen molar-refractivity contribution in [1.29, 1.82) is 0 Å². The fourth-order valence-corrected chi connectivity index (χ4v) is 4.88. The highest BCUT2D eigenvalue weighted by molar-refractivity contribution is 8.01. The normalized spacial score (nSPS) is 11.9. The van der Waals surface area contributed by atoms with Crippen LogP contribution in [0.25, 0.3) is 5.69 Å². The van der Waals surface area contributed by atoms with Crippen molar-refractivity contribution in [1.82, 2.24) is 15.1 Å². The summed E-state index contributed by atoms with van der Waals surface area (Å²) in [6, 6.07) is 19.9. The third-order valence-corrected chi connectivity index (χ3v) is 6.34. The van der Waals surface area contributed by atoms with Crippen molar-refractivity contribution in [2.24, 2.45) is 0 Å². The van der Waals surface area contributed by atoms with Crippen molar-refractivity contribution in [3.05, 3.63) is 70.2 Å². The highest BCUT2D eigenvalue weighted by atomic mass is 32.2. The fraction of sp³-hybridized carbons (Fsp3) is 0.250. The summed E-state index contributed by atoms with van der Waals surface area (Å²) in [4.78, 5) is 12.4. The molecule has 2 aromatic carbocycles. The number of aromatic nitrogens is 2. The molecule has 0 bridgehead atoms. The number of carbonyl (C=O) groups excluding carboxylic acids is 1. The van der Waals surface area contributed by atoms with Crippen LogP contribution in [-0.4, -0.2) is 21.4 Å². The van der Waals surface area contributed by atoms with Crippen LogP contribution < -0.4 is 5.32 Å². The number of amides is 1. The van der Waals surface area contributed by atoms with Gasteiger partial charge in [-0.1, -0.05) is 85.0 Å². The van der Waals surface area contributed by atoms with Gasteiger partial charge in [0.05, 0.1) is 17.5 Å². The van der Waals surface area contributed by atoms with E-state index in [2.05, 4.69) is 29.5 Å². The van der Waals surface area contributed by atoms with Gasteiger partial charge >= 0.3 is 0 Å². The lowest BCUT2D eigenvalue weighted by Crippen LogP contribution is -2.29. The van der Waals surface area contributed by atoms with Gasteiger partial charge in [-0.3, -0.25) is 4.79 Å². The molecule has 1 atom stereocenters. The molecule has 0 saturated heterocycles. The second kappa shape index (κ2) is 9.82. The summed E-state index contributed by atoms with van der Waals surface area (Å²) in [6.07, 6.45) is 1.93. The van der Waals surface area contributed by atoms with Crippen LogP contribution in [0.3, 0.4) is 0 Å². The quantitative estimate of drug-likeness (QED) is 0.394. The Morgan fingerprint density at radius 2 is 1.85 bits per heavy atom. The Morgan fingerprint density at radius 1 is 1.19 bits per heavy atom. The minimum atomic E-state index is 0.00897. The molecule has 0 aliphatic heterocycles. The first-order chi connectivity index (χ1) is 13.2. The first kappa shape index (κ1) is 19.8. The fourth-order valence-electron chi connectivity index (χ4n) is 2.71. The highest BCUT2D eigenvalue weighted by Gasteiger charge is 2.15. The van der Waals surface area contributed by atoms with Crippen molar-refractivity contribution >= 4 is 41.2 Å². The summed E-state index contributed by atoms with van der Waals surface area (Å²) in [5.41, 5.74) is 2.07. The van der Waals surface area contributed by atoms with Crippen LogP contribution in [0.2, 0.25) is 0 Å². The molecule has 3 aromatic rings. The summed E-state index contributed by atoms with van der Waals surface area (Å²) in [7, 11) is 0. The van der Waals surface area contributed by atoms with E-state index in [9.17, 15) is 4.79 Å². The molecular formula is C20H21N3OS3. The molecule has 1 heterocycles. The number of para-hydroxylation sites is 1. The Labute approximate surface area is 172 Å². The van der Waals surface area contributed by atoms with Crippen molar-refractivity contribution in [2.75, 3.05) is 5.75 Å². The Bertz CT molecular complexity index is 922. The molecule has 0 fully saturated rings. The van der Waals surface area contributed by atoms with E-state index in [0.717, 1.165) is 28.4 Å². The van der Waals surface area contributed by atoms with Gasteiger partial charge in [0.2, 0.25) is 5.91 Å². The molecule has 1 N–H and O–H groups in total. The SMILES string of the molecule is CCC[C@@H](NC(=O)CSc1nn(-c2ccccc2)c(=S)s1)c1ccccc1. The number of nitrogens with zero attached hydrogens (tertiary/aromatic N) is 2. The molecule has 0 saturated carbocycles. The van der Waals surface area contributed by atoms with Crippen molar-refractivity contribution in [3.63, 3.8) is 0 Å². The largest absolute Gasteiger partial charge is 0.349 e. The van der Waals surface area contributed by atoms with Crippen LogP contribution in [0.5, 0.6) is 0 Å². The number of rotatable bonds is 8. The van der Waals surface area contributed by atoms with Gasteiger partial charge in [-0.2, -0.15) is 0 Å². The zero-order chi connectivity index (χ0) is 19.1. The lowest BCUT2D eigenvalue weighted by Gasteiger charge is -2.18. The van der Waals surface area contributed by atoms with Gasteiger partial charge in [0.1, 0.15) is 0 Å². The first-order valence-corrected chi connectivity index (χ1v) is 11.0. The maximum absolute atomic E-state index is 12.4. The maximum atomic E-state index is 12.4. The standard InChI is InChI=1S/C20H21N3OS3/c1-2-9-17(15-10-5-3-6-11-15)21-18(24)14-26-19-22-23(20(25)27-19)16-12-7-4-8-13-16/h3-8,10-13,17H,2,9,14H2,1H3,(H,21,24)/t17-/m1/s1. The highest BCUT2D eigenvalue weighted by Crippen LogP contribution is 2.24. The van der Waals surface area contributed by atoms with E-state index < -0.39 is 0 Å². The van der Waals surface area contributed by atoms with Crippen LogP contribution >= 0.6 is 35.3 Å². The van der Waals surface area contributed by atoms with E-state index in [1.165, 1.54) is 23.1 Å². The molecule has 0 unspecified atom stereocenters. The molecular weight excluding hydrogens is 394 g/mol. The Morgan fingerprint density at radius 3 is 2.52 bits per heavy atom. The molecule has 0 spiro atoms. The minimum Gasteiger partial charge on any atom is -0.349 e. The molecule has 3 rings (SSSR count). The predicted molar refractivity (Wildman–Crippen MR) is 115 cm³/mol. The Balaban J connectivity index is 1.61. The van der Waals surface area contributed by atoms with Gasteiger partial charge in [0.15, 0.2) is 8.29 Å². The zero-order valence-corrected chi connectivity index (χ0v) is 17.4. The van der Waals surface area contributed by atoms with Gasteiger partial charge in [0, 0.05) is 0 Å².